The molecule has 0 aromatic heterocycles. The second-order valence-corrected chi connectivity index (χ2v) is 4.85. The van der Waals surface area contributed by atoms with Gasteiger partial charge in [-0.25, -0.2) is 13.2 Å². The molecule has 0 aliphatic heterocycles. The third-order valence-corrected chi connectivity index (χ3v) is 2.81. The van der Waals surface area contributed by atoms with Crippen molar-refractivity contribution in [3.8, 4) is 0 Å². The van der Waals surface area contributed by atoms with Gasteiger partial charge in [-0.3, -0.25) is 4.72 Å². The molecule has 0 radical (unpaired) electrons. The van der Waals surface area contributed by atoms with E-state index in [1.807, 2.05) is 0 Å². The van der Waals surface area contributed by atoms with Gasteiger partial charge in [-0.05, 0) is 23.8 Å². The molecule has 1 aromatic rings. The van der Waals surface area contributed by atoms with E-state index in [1.54, 1.807) is 4.72 Å². The average molecular weight is 277 g/mol. The molecule has 0 saturated heterocycles. The number of anilines is 1. The fraction of sp³-hybridized carbons (Fsp3) is 0.100. The largest absolute Gasteiger partial charge is 0.478 e. The highest BCUT2D eigenvalue weighted by atomic mass is 32.2. The monoisotopic (exact) mass is 277 g/mol. The molecule has 0 saturated carbocycles. The van der Waals surface area contributed by atoms with Crippen LogP contribution in [0.1, 0.15) is 5.56 Å². The minimum atomic E-state index is -4.69. The Labute approximate surface area is 102 Å². The molecule has 18 heavy (non-hydrogen) atoms. The summed E-state index contributed by atoms with van der Waals surface area (Å²) in [4.78, 5) is 10.2. The van der Waals surface area contributed by atoms with Gasteiger partial charge in [0.25, 0.3) is 10.0 Å². The topological polar surface area (TPSA) is 83.5 Å². The summed E-state index contributed by atoms with van der Waals surface area (Å²) in [5, 5.41) is 8.38. The van der Waals surface area contributed by atoms with Gasteiger partial charge in [0.05, 0.1) is 0 Å². The summed E-state index contributed by atoms with van der Waals surface area (Å²) in [6.07, 6.45) is 2.19. The number of carboxylic acid groups (broad SMARTS) is 1. The summed E-state index contributed by atoms with van der Waals surface area (Å²) < 4.78 is 47.5. The summed E-state index contributed by atoms with van der Waals surface area (Å²) in [6.45, 7) is 0. The van der Waals surface area contributed by atoms with Crippen LogP contribution >= 0.6 is 0 Å². The lowest BCUT2D eigenvalue weighted by molar-refractivity contribution is -0.131. The highest BCUT2D eigenvalue weighted by Gasteiger charge is 2.23. The van der Waals surface area contributed by atoms with Gasteiger partial charge < -0.3 is 5.11 Å². The minimum absolute atomic E-state index is 0.0252. The molecule has 0 amide bonds. The lowest BCUT2D eigenvalue weighted by atomic mass is 10.2. The lowest BCUT2D eigenvalue weighted by Gasteiger charge is -2.06. The van der Waals surface area contributed by atoms with Gasteiger partial charge in [0, 0.05) is 11.8 Å². The van der Waals surface area contributed by atoms with Crippen LogP contribution in [-0.2, 0) is 14.8 Å². The quantitative estimate of drug-likeness (QED) is 0.803. The fourth-order valence-corrected chi connectivity index (χ4v) is 1.59. The van der Waals surface area contributed by atoms with Crippen LogP contribution in [0.25, 0.3) is 6.08 Å². The third-order valence-electron chi connectivity index (χ3n) is 1.82. The van der Waals surface area contributed by atoms with Crippen LogP contribution in [0, 0.1) is 0 Å². The van der Waals surface area contributed by atoms with Crippen molar-refractivity contribution in [1.29, 1.82) is 0 Å². The van der Waals surface area contributed by atoms with Gasteiger partial charge in [-0.1, -0.05) is 12.1 Å². The molecule has 0 aliphatic carbocycles. The molecular weight excluding hydrogens is 268 g/mol. The molecule has 0 heterocycles. The Bertz CT molecular complexity index is 552. The number of hydrogen-bond donors (Lipinski definition) is 2. The van der Waals surface area contributed by atoms with Gasteiger partial charge in [-0.2, -0.15) is 8.78 Å². The Morgan fingerprint density at radius 1 is 1.28 bits per heavy atom. The summed E-state index contributed by atoms with van der Waals surface area (Å²) >= 11 is 0. The first-order valence-electron chi connectivity index (χ1n) is 4.62. The van der Waals surface area contributed by atoms with Crippen molar-refractivity contribution < 1.29 is 27.1 Å². The van der Waals surface area contributed by atoms with E-state index in [-0.39, 0.29) is 5.69 Å². The highest BCUT2D eigenvalue weighted by molar-refractivity contribution is 7.93. The molecule has 0 aliphatic rings. The zero-order valence-corrected chi connectivity index (χ0v) is 9.69. The van der Waals surface area contributed by atoms with Crippen LogP contribution in [-0.4, -0.2) is 25.3 Å². The van der Waals surface area contributed by atoms with Gasteiger partial charge in [-0.15, -0.1) is 0 Å². The molecular formula is C10H9F2NO4S. The lowest BCUT2D eigenvalue weighted by Crippen LogP contribution is -2.20. The second-order valence-electron chi connectivity index (χ2n) is 3.20. The van der Waals surface area contributed by atoms with E-state index in [0.717, 1.165) is 6.08 Å². The van der Waals surface area contributed by atoms with Crippen LogP contribution in [0.4, 0.5) is 14.5 Å². The Balaban J connectivity index is 2.81. The van der Waals surface area contributed by atoms with Crippen LogP contribution in [0.2, 0.25) is 0 Å². The van der Waals surface area contributed by atoms with Crippen LogP contribution < -0.4 is 4.72 Å². The van der Waals surface area contributed by atoms with Crippen LogP contribution in [0.15, 0.2) is 30.3 Å². The summed E-state index contributed by atoms with van der Waals surface area (Å²) in [6, 6.07) is 5.29. The molecule has 0 spiro atoms. The first-order valence-corrected chi connectivity index (χ1v) is 6.17. The predicted octanol–water partition coefficient (Wildman–Crippen LogP) is 1.75. The van der Waals surface area contributed by atoms with Crippen LogP contribution in [0.3, 0.4) is 0 Å². The number of carboxylic acids is 1. The Kier molecular flexibility index (Phi) is 4.38. The first-order chi connectivity index (χ1) is 8.31. The SMILES string of the molecule is O=C(O)/C=C/c1ccc(NS(=O)(=O)C(F)F)cc1. The van der Waals surface area contributed by atoms with Gasteiger partial charge >= 0.3 is 11.7 Å². The molecule has 0 bridgehead atoms. The molecule has 0 atom stereocenters. The van der Waals surface area contributed by atoms with Crippen molar-refractivity contribution in [3.05, 3.63) is 35.9 Å². The zero-order chi connectivity index (χ0) is 13.8. The normalized spacial score (nSPS) is 11.9. The molecule has 1 aromatic carbocycles. The summed E-state index contributed by atoms with van der Waals surface area (Å²) in [5.74, 6) is -4.64. The predicted molar refractivity (Wildman–Crippen MR) is 61.7 cm³/mol. The molecule has 0 unspecified atom stereocenters. The number of halogens is 2. The zero-order valence-electron chi connectivity index (χ0n) is 8.88. The number of carbonyl (C=O) groups is 1. The Morgan fingerprint density at radius 3 is 2.28 bits per heavy atom. The highest BCUT2D eigenvalue weighted by Crippen LogP contribution is 2.15. The van der Waals surface area contributed by atoms with E-state index in [9.17, 15) is 22.0 Å². The molecule has 0 fully saturated rings. The Hall–Kier alpha value is -1.96. The molecule has 2 N–H and O–H groups in total. The van der Waals surface area contributed by atoms with Crippen molar-refractivity contribution in [2.45, 2.75) is 5.76 Å². The minimum Gasteiger partial charge on any atom is -0.478 e. The number of benzene rings is 1. The third kappa shape index (κ3) is 4.13. The maximum Gasteiger partial charge on any atom is 0.355 e. The number of nitrogens with one attached hydrogen (secondary N) is 1. The van der Waals surface area contributed by atoms with Crippen molar-refractivity contribution in [2.24, 2.45) is 0 Å². The number of alkyl halides is 2. The maximum atomic E-state index is 12.1. The van der Waals surface area contributed by atoms with Crippen molar-refractivity contribution in [2.75, 3.05) is 4.72 Å². The number of rotatable bonds is 5. The van der Waals surface area contributed by atoms with E-state index >= 15 is 0 Å². The number of hydrogen-bond acceptors (Lipinski definition) is 3. The standard InChI is InChI=1S/C10H9F2NO4S/c11-10(12)18(16,17)13-8-4-1-7(2-5-8)3-6-9(14)15/h1-6,10,13H,(H,14,15)/b6-3+. The number of aliphatic carboxylic acids is 1. The van der Waals surface area contributed by atoms with Crippen molar-refractivity contribution in [1.82, 2.24) is 0 Å². The Morgan fingerprint density at radius 2 is 1.83 bits per heavy atom. The second kappa shape index (κ2) is 5.58. The number of sulfonamides is 1. The molecule has 98 valence electrons. The van der Waals surface area contributed by atoms with Gasteiger partial charge in [0.2, 0.25) is 0 Å². The smallest absolute Gasteiger partial charge is 0.355 e. The fourth-order valence-electron chi connectivity index (χ4n) is 1.04. The van der Waals surface area contributed by atoms with E-state index < -0.39 is 21.8 Å². The molecule has 1 rings (SSSR count). The first kappa shape index (κ1) is 14.1. The van der Waals surface area contributed by atoms with Crippen LogP contribution in [0.5, 0.6) is 0 Å². The van der Waals surface area contributed by atoms with Gasteiger partial charge in [0.1, 0.15) is 0 Å². The summed E-state index contributed by atoms with van der Waals surface area (Å²) in [7, 11) is -4.69. The van der Waals surface area contributed by atoms with Crippen molar-refractivity contribution >= 4 is 27.8 Å². The maximum absolute atomic E-state index is 12.1. The van der Waals surface area contributed by atoms with E-state index in [2.05, 4.69) is 0 Å². The van der Waals surface area contributed by atoms with E-state index in [1.165, 1.54) is 30.3 Å². The molecule has 8 heteroatoms. The van der Waals surface area contributed by atoms with E-state index in [0.29, 0.717) is 5.56 Å². The van der Waals surface area contributed by atoms with E-state index in [4.69, 9.17) is 5.11 Å². The van der Waals surface area contributed by atoms with Gasteiger partial charge in [0.15, 0.2) is 0 Å². The van der Waals surface area contributed by atoms with Crippen molar-refractivity contribution in [3.63, 3.8) is 0 Å². The average Bonchev–Trinajstić information content (AvgIpc) is 2.27. The summed E-state index contributed by atoms with van der Waals surface area (Å²) in [5.41, 5.74) is 0.472. The molecule has 5 nitrogen and oxygen atoms in total.